The third-order valence-corrected chi connectivity index (χ3v) is 7.18. The van der Waals surface area contributed by atoms with Gasteiger partial charge in [-0.15, -0.1) is 0 Å². The Morgan fingerprint density at radius 2 is 1.89 bits per heavy atom. The molecule has 7 heteroatoms. The van der Waals surface area contributed by atoms with Crippen LogP contribution in [0.25, 0.3) is 0 Å². The Hall–Kier alpha value is -2.15. The van der Waals surface area contributed by atoms with Crippen LogP contribution in [0.3, 0.4) is 0 Å². The normalized spacial score (nSPS) is 17.4. The molecule has 0 aromatic heterocycles. The predicted molar refractivity (Wildman–Crippen MR) is 109 cm³/mol. The fourth-order valence-electron chi connectivity index (χ4n) is 3.36. The van der Waals surface area contributed by atoms with Crippen molar-refractivity contribution in [2.24, 2.45) is 0 Å². The van der Waals surface area contributed by atoms with Crippen molar-refractivity contribution in [1.82, 2.24) is 4.31 Å². The van der Waals surface area contributed by atoms with Gasteiger partial charge in [-0.05, 0) is 49.6 Å². The average molecular weight is 420 g/mol. The molecule has 0 aliphatic carbocycles. The standard InChI is InChI=1S/C21H22ClNO4S/c1-4-27-21(24)17-11-12-23(20(17)16-9-10-18(22)15(3)13-16)28(25,26)19-8-6-5-7-14(19)2/h5-11,13,20H,4,12H2,1-3H3. The molecule has 1 heterocycles. The predicted octanol–water partition coefficient (Wildman–Crippen LogP) is 4.19. The lowest BCUT2D eigenvalue weighted by Crippen LogP contribution is -2.34. The summed E-state index contributed by atoms with van der Waals surface area (Å²) in [5.74, 6) is -0.511. The summed E-state index contributed by atoms with van der Waals surface area (Å²) >= 11 is 6.14. The fraction of sp³-hybridized carbons (Fsp3) is 0.286. The van der Waals surface area contributed by atoms with Crippen LogP contribution >= 0.6 is 11.6 Å². The number of sulfonamides is 1. The van der Waals surface area contributed by atoms with Crippen LogP contribution in [0.1, 0.15) is 29.7 Å². The van der Waals surface area contributed by atoms with Gasteiger partial charge in [-0.25, -0.2) is 13.2 Å². The molecule has 0 N–H and O–H groups in total. The molecule has 0 amide bonds. The van der Waals surface area contributed by atoms with Gasteiger partial charge in [0.1, 0.15) is 0 Å². The molecule has 0 spiro atoms. The van der Waals surface area contributed by atoms with E-state index in [0.29, 0.717) is 21.7 Å². The van der Waals surface area contributed by atoms with Gasteiger partial charge in [0, 0.05) is 11.6 Å². The summed E-state index contributed by atoms with van der Waals surface area (Å²) in [5, 5.41) is 0.580. The van der Waals surface area contributed by atoms with Gasteiger partial charge in [0.25, 0.3) is 0 Å². The Kier molecular flexibility index (Phi) is 5.93. The molecule has 28 heavy (non-hydrogen) atoms. The highest BCUT2D eigenvalue weighted by Crippen LogP contribution is 2.39. The molecule has 5 nitrogen and oxygen atoms in total. The first-order chi connectivity index (χ1) is 13.3. The first-order valence-corrected chi connectivity index (χ1v) is 10.8. The van der Waals surface area contributed by atoms with Gasteiger partial charge in [0.15, 0.2) is 0 Å². The molecule has 0 bridgehead atoms. The van der Waals surface area contributed by atoms with Gasteiger partial charge in [0.2, 0.25) is 10.0 Å². The molecular weight excluding hydrogens is 398 g/mol. The van der Waals surface area contributed by atoms with Crippen LogP contribution in [-0.2, 0) is 19.6 Å². The maximum Gasteiger partial charge on any atom is 0.335 e. The summed E-state index contributed by atoms with van der Waals surface area (Å²) < 4.78 is 33.4. The Bertz CT molecular complexity index is 1050. The van der Waals surface area contributed by atoms with Crippen molar-refractivity contribution in [3.63, 3.8) is 0 Å². The van der Waals surface area contributed by atoms with E-state index < -0.39 is 22.0 Å². The Labute approximate surface area is 170 Å². The SMILES string of the molecule is CCOC(=O)C1=CCN(S(=O)(=O)c2ccccc2C)C1c1ccc(Cl)c(C)c1. The minimum Gasteiger partial charge on any atom is -0.463 e. The minimum atomic E-state index is -3.83. The van der Waals surface area contributed by atoms with Crippen molar-refractivity contribution >= 4 is 27.6 Å². The summed E-state index contributed by atoms with van der Waals surface area (Å²) in [5.41, 5.74) is 2.46. The molecule has 1 aliphatic heterocycles. The largest absolute Gasteiger partial charge is 0.463 e. The molecule has 0 saturated heterocycles. The van der Waals surface area contributed by atoms with Crippen molar-refractivity contribution in [2.75, 3.05) is 13.2 Å². The van der Waals surface area contributed by atoms with E-state index in [-0.39, 0.29) is 18.0 Å². The van der Waals surface area contributed by atoms with Gasteiger partial charge >= 0.3 is 5.97 Å². The highest BCUT2D eigenvalue weighted by Gasteiger charge is 2.41. The van der Waals surface area contributed by atoms with Crippen LogP contribution in [0.15, 0.2) is 59.0 Å². The molecule has 0 radical (unpaired) electrons. The topological polar surface area (TPSA) is 63.7 Å². The second kappa shape index (κ2) is 8.07. The van der Waals surface area contributed by atoms with Gasteiger partial charge in [-0.3, -0.25) is 0 Å². The first-order valence-electron chi connectivity index (χ1n) is 8.98. The van der Waals surface area contributed by atoms with Crippen LogP contribution in [0.4, 0.5) is 0 Å². The number of hydrogen-bond acceptors (Lipinski definition) is 4. The van der Waals surface area contributed by atoms with E-state index in [1.165, 1.54) is 4.31 Å². The number of ether oxygens (including phenoxy) is 1. The summed E-state index contributed by atoms with van der Waals surface area (Å²) in [7, 11) is -3.83. The van der Waals surface area contributed by atoms with Crippen molar-refractivity contribution < 1.29 is 17.9 Å². The minimum absolute atomic E-state index is 0.0944. The van der Waals surface area contributed by atoms with Crippen LogP contribution in [-0.4, -0.2) is 31.8 Å². The van der Waals surface area contributed by atoms with Crippen LogP contribution in [0, 0.1) is 13.8 Å². The van der Waals surface area contributed by atoms with E-state index in [4.69, 9.17) is 16.3 Å². The third kappa shape index (κ3) is 3.72. The van der Waals surface area contributed by atoms with Crippen molar-refractivity contribution in [1.29, 1.82) is 0 Å². The highest BCUT2D eigenvalue weighted by atomic mass is 35.5. The molecule has 148 valence electrons. The Balaban J connectivity index is 2.11. The molecule has 0 fully saturated rings. The molecular formula is C21H22ClNO4S. The lowest BCUT2D eigenvalue weighted by atomic mass is 9.99. The van der Waals surface area contributed by atoms with E-state index in [1.807, 2.05) is 13.0 Å². The second-order valence-corrected chi connectivity index (χ2v) is 8.90. The second-order valence-electron chi connectivity index (χ2n) is 6.63. The molecule has 2 aromatic rings. The number of esters is 1. The number of hydrogen-bond donors (Lipinski definition) is 0. The summed E-state index contributed by atoms with van der Waals surface area (Å²) in [6.07, 6.45) is 1.63. The van der Waals surface area contributed by atoms with E-state index >= 15 is 0 Å². The monoisotopic (exact) mass is 419 g/mol. The van der Waals surface area contributed by atoms with Gasteiger partial charge in [-0.1, -0.05) is 48.0 Å². The average Bonchev–Trinajstić information content (AvgIpc) is 3.10. The van der Waals surface area contributed by atoms with Crippen molar-refractivity contribution in [3.8, 4) is 0 Å². The van der Waals surface area contributed by atoms with Crippen molar-refractivity contribution in [2.45, 2.75) is 31.7 Å². The fourth-order valence-corrected chi connectivity index (χ4v) is 5.24. The van der Waals surface area contributed by atoms with E-state index in [9.17, 15) is 13.2 Å². The molecule has 1 atom stereocenters. The number of carbonyl (C=O) groups is 1. The number of benzene rings is 2. The lowest BCUT2D eigenvalue weighted by molar-refractivity contribution is -0.138. The Morgan fingerprint density at radius 1 is 1.18 bits per heavy atom. The van der Waals surface area contributed by atoms with Crippen LogP contribution in [0.5, 0.6) is 0 Å². The summed E-state index contributed by atoms with van der Waals surface area (Å²) in [6, 6.07) is 11.3. The maximum atomic E-state index is 13.4. The molecule has 1 aliphatic rings. The zero-order chi connectivity index (χ0) is 20.5. The van der Waals surface area contributed by atoms with Crippen molar-refractivity contribution in [3.05, 3.63) is 75.8 Å². The van der Waals surface area contributed by atoms with Crippen LogP contribution in [0.2, 0.25) is 5.02 Å². The first kappa shape index (κ1) is 20.6. The number of carbonyl (C=O) groups excluding carboxylic acids is 1. The molecule has 2 aromatic carbocycles. The van der Waals surface area contributed by atoms with E-state index in [2.05, 4.69) is 0 Å². The molecule has 1 unspecified atom stereocenters. The number of aryl methyl sites for hydroxylation is 2. The highest BCUT2D eigenvalue weighted by molar-refractivity contribution is 7.89. The number of halogens is 1. The maximum absolute atomic E-state index is 13.4. The quantitative estimate of drug-likeness (QED) is 0.681. The van der Waals surface area contributed by atoms with E-state index in [0.717, 1.165) is 5.56 Å². The van der Waals surface area contributed by atoms with Crippen LogP contribution < -0.4 is 0 Å². The number of nitrogens with zero attached hydrogens (tertiary/aromatic N) is 1. The third-order valence-electron chi connectivity index (χ3n) is 4.76. The molecule has 3 rings (SSSR count). The van der Waals surface area contributed by atoms with Gasteiger partial charge in [-0.2, -0.15) is 4.31 Å². The zero-order valence-electron chi connectivity index (χ0n) is 16.0. The Morgan fingerprint density at radius 3 is 2.54 bits per heavy atom. The smallest absolute Gasteiger partial charge is 0.335 e. The van der Waals surface area contributed by atoms with Gasteiger partial charge < -0.3 is 4.74 Å². The molecule has 0 saturated carbocycles. The number of rotatable bonds is 5. The lowest BCUT2D eigenvalue weighted by Gasteiger charge is -2.27. The van der Waals surface area contributed by atoms with Gasteiger partial charge in [0.05, 0.1) is 23.1 Å². The summed E-state index contributed by atoms with van der Waals surface area (Å²) in [4.78, 5) is 12.7. The summed E-state index contributed by atoms with van der Waals surface area (Å²) in [6.45, 7) is 5.62. The van der Waals surface area contributed by atoms with E-state index in [1.54, 1.807) is 56.3 Å². The zero-order valence-corrected chi connectivity index (χ0v) is 17.5.